The molecule has 4 heteroatoms. The fourth-order valence-electron chi connectivity index (χ4n) is 3.26. The first kappa shape index (κ1) is 16.8. The Hall–Kier alpha value is -3.06. The van der Waals surface area contributed by atoms with Crippen molar-refractivity contribution in [2.45, 2.75) is 25.3 Å². The van der Waals surface area contributed by atoms with Crippen molar-refractivity contribution in [1.82, 2.24) is 4.90 Å². The lowest BCUT2D eigenvalue weighted by Crippen LogP contribution is -2.38. The molecule has 0 aromatic heterocycles. The van der Waals surface area contributed by atoms with Crippen LogP contribution in [0.4, 0.5) is 4.79 Å². The smallest absolute Gasteiger partial charge is 0.415 e. The Morgan fingerprint density at radius 2 is 1.72 bits per heavy atom. The van der Waals surface area contributed by atoms with Gasteiger partial charge in [0.05, 0.1) is 12.6 Å². The van der Waals surface area contributed by atoms with Crippen molar-refractivity contribution in [3.8, 4) is 6.07 Å². The molecule has 2 aromatic carbocycles. The summed E-state index contributed by atoms with van der Waals surface area (Å²) in [5.74, 6) is 0.0757. The number of carbonyl (C=O) groups is 1. The molecule has 0 unspecified atom stereocenters. The lowest BCUT2D eigenvalue weighted by atomic mass is 9.84. The lowest BCUT2D eigenvalue weighted by Gasteiger charge is -2.36. The van der Waals surface area contributed by atoms with Crippen LogP contribution in [0.15, 0.2) is 72.4 Å². The Bertz CT molecular complexity index is 794. The van der Waals surface area contributed by atoms with E-state index in [1.54, 1.807) is 6.92 Å². The van der Waals surface area contributed by atoms with E-state index in [9.17, 15) is 10.1 Å². The first-order chi connectivity index (χ1) is 12.2. The van der Waals surface area contributed by atoms with Crippen LogP contribution < -0.4 is 0 Å². The quantitative estimate of drug-likeness (QED) is 0.812. The minimum absolute atomic E-state index is 0.0757. The largest absolute Gasteiger partial charge is 0.449 e. The van der Waals surface area contributed by atoms with Crippen molar-refractivity contribution in [2.24, 2.45) is 0 Å². The normalized spacial score (nSPS) is 19.7. The zero-order valence-corrected chi connectivity index (χ0v) is 14.1. The summed E-state index contributed by atoms with van der Waals surface area (Å²) < 4.78 is 5.20. The Balaban J connectivity index is 2.05. The number of allylic oxidation sites excluding steroid dienone is 2. The number of carbonyl (C=O) groups excluding carboxylic acids is 1. The molecule has 0 saturated heterocycles. The van der Waals surface area contributed by atoms with Gasteiger partial charge in [0.15, 0.2) is 0 Å². The van der Waals surface area contributed by atoms with Crippen molar-refractivity contribution in [2.75, 3.05) is 6.61 Å². The monoisotopic (exact) mass is 332 g/mol. The molecule has 2 atom stereocenters. The highest BCUT2D eigenvalue weighted by molar-refractivity contribution is 5.72. The number of nitrogens with zero attached hydrogens (tertiary/aromatic N) is 2. The zero-order valence-electron chi connectivity index (χ0n) is 14.1. The van der Waals surface area contributed by atoms with Gasteiger partial charge in [0, 0.05) is 5.92 Å². The predicted molar refractivity (Wildman–Crippen MR) is 95.5 cm³/mol. The molecule has 0 saturated carbocycles. The van der Waals surface area contributed by atoms with E-state index in [2.05, 4.69) is 18.2 Å². The predicted octanol–water partition coefficient (Wildman–Crippen LogP) is 4.78. The summed E-state index contributed by atoms with van der Waals surface area (Å²) in [6.45, 7) is 2.04. The molecule has 0 spiro atoms. The minimum atomic E-state index is -0.476. The second-order valence-electron chi connectivity index (χ2n) is 5.91. The number of hydrogen-bond donors (Lipinski definition) is 0. The Labute approximate surface area is 148 Å². The van der Waals surface area contributed by atoms with Gasteiger partial charge in [0.2, 0.25) is 0 Å². The molecule has 1 amide bonds. The Morgan fingerprint density at radius 3 is 2.28 bits per heavy atom. The summed E-state index contributed by atoms with van der Waals surface area (Å²) >= 11 is 0. The first-order valence-corrected chi connectivity index (χ1v) is 8.42. The van der Waals surface area contributed by atoms with E-state index in [-0.39, 0.29) is 18.6 Å². The fraction of sp³-hybridized carbons (Fsp3) is 0.238. The molecular formula is C21H20N2O2. The van der Waals surface area contributed by atoms with Gasteiger partial charge < -0.3 is 4.74 Å². The maximum absolute atomic E-state index is 12.5. The molecule has 126 valence electrons. The lowest BCUT2D eigenvalue weighted by molar-refractivity contribution is 0.101. The van der Waals surface area contributed by atoms with Gasteiger partial charge in [-0.25, -0.2) is 4.79 Å². The second kappa shape index (κ2) is 7.67. The number of nitriles is 1. The van der Waals surface area contributed by atoms with Crippen molar-refractivity contribution >= 4 is 6.09 Å². The van der Waals surface area contributed by atoms with Crippen LogP contribution in [0.25, 0.3) is 0 Å². The van der Waals surface area contributed by atoms with Gasteiger partial charge in [-0.2, -0.15) is 5.26 Å². The molecule has 4 nitrogen and oxygen atoms in total. The van der Waals surface area contributed by atoms with E-state index in [0.717, 1.165) is 11.1 Å². The van der Waals surface area contributed by atoms with E-state index in [0.29, 0.717) is 12.1 Å². The number of ether oxygens (including phenoxy) is 1. The minimum Gasteiger partial charge on any atom is -0.449 e. The molecule has 1 aliphatic rings. The second-order valence-corrected chi connectivity index (χ2v) is 5.91. The van der Waals surface area contributed by atoms with Gasteiger partial charge in [-0.15, -0.1) is 0 Å². The summed E-state index contributed by atoms with van der Waals surface area (Å²) in [7, 11) is 0. The van der Waals surface area contributed by atoms with Crippen LogP contribution >= 0.6 is 0 Å². The average molecular weight is 332 g/mol. The van der Waals surface area contributed by atoms with Crippen LogP contribution in [-0.4, -0.2) is 17.6 Å². The molecule has 3 rings (SSSR count). The SMILES string of the molecule is CCOC(=O)N1C(C#N)=C[C@@H](c2ccccc2)C[C@H]1c1ccccc1. The van der Waals surface area contributed by atoms with Crippen molar-refractivity contribution in [3.05, 3.63) is 83.6 Å². The highest BCUT2D eigenvalue weighted by atomic mass is 16.6. The molecule has 0 fully saturated rings. The van der Waals surface area contributed by atoms with E-state index in [1.165, 1.54) is 4.90 Å². The van der Waals surface area contributed by atoms with Gasteiger partial charge in [-0.3, -0.25) is 4.90 Å². The van der Waals surface area contributed by atoms with Crippen LogP contribution in [0.3, 0.4) is 0 Å². The van der Waals surface area contributed by atoms with Crippen LogP contribution in [0.2, 0.25) is 0 Å². The summed E-state index contributed by atoms with van der Waals surface area (Å²) in [6.07, 6.45) is 2.10. The molecule has 2 aromatic rings. The summed E-state index contributed by atoms with van der Waals surface area (Å²) in [4.78, 5) is 14.0. The number of hydrogen-bond acceptors (Lipinski definition) is 3. The van der Waals surface area contributed by atoms with Crippen molar-refractivity contribution in [1.29, 1.82) is 5.26 Å². The van der Waals surface area contributed by atoms with Gasteiger partial charge in [0.25, 0.3) is 0 Å². The van der Waals surface area contributed by atoms with Gasteiger partial charge in [-0.05, 0) is 30.5 Å². The molecule has 25 heavy (non-hydrogen) atoms. The molecule has 0 N–H and O–H groups in total. The van der Waals surface area contributed by atoms with Crippen molar-refractivity contribution in [3.63, 3.8) is 0 Å². The standard InChI is InChI=1S/C21H20N2O2/c1-2-25-21(24)23-19(15-22)13-18(16-9-5-3-6-10-16)14-20(23)17-11-7-4-8-12-17/h3-13,18,20H,2,14H2,1H3/t18-,20+/m1/s1. The van der Waals surface area contributed by atoms with E-state index in [4.69, 9.17) is 4.74 Å². The summed E-state index contributed by atoms with van der Waals surface area (Å²) in [5.41, 5.74) is 2.48. The van der Waals surface area contributed by atoms with Crippen LogP contribution in [-0.2, 0) is 4.74 Å². The maximum atomic E-state index is 12.5. The van der Waals surface area contributed by atoms with Gasteiger partial charge in [0.1, 0.15) is 11.8 Å². The molecule has 1 heterocycles. The fourth-order valence-corrected chi connectivity index (χ4v) is 3.26. The highest BCUT2D eigenvalue weighted by Gasteiger charge is 2.35. The molecule has 0 bridgehead atoms. The number of benzene rings is 2. The Morgan fingerprint density at radius 1 is 1.12 bits per heavy atom. The summed E-state index contributed by atoms with van der Waals surface area (Å²) in [6, 6.07) is 21.8. The molecule has 0 aliphatic carbocycles. The van der Waals surface area contributed by atoms with Crippen molar-refractivity contribution < 1.29 is 9.53 Å². The van der Waals surface area contributed by atoms with E-state index < -0.39 is 6.09 Å². The van der Waals surface area contributed by atoms with Gasteiger partial charge in [-0.1, -0.05) is 60.7 Å². The average Bonchev–Trinajstić information content (AvgIpc) is 2.68. The number of rotatable bonds is 3. The number of amides is 1. The third-order valence-electron chi connectivity index (χ3n) is 4.40. The van der Waals surface area contributed by atoms with E-state index in [1.807, 2.05) is 54.6 Å². The maximum Gasteiger partial charge on any atom is 0.415 e. The molecule has 0 radical (unpaired) electrons. The van der Waals surface area contributed by atoms with Crippen LogP contribution in [0.1, 0.15) is 36.4 Å². The molecule has 1 aliphatic heterocycles. The first-order valence-electron chi connectivity index (χ1n) is 8.42. The van der Waals surface area contributed by atoms with Crippen LogP contribution in [0.5, 0.6) is 0 Å². The third-order valence-corrected chi connectivity index (χ3v) is 4.40. The third kappa shape index (κ3) is 3.56. The van der Waals surface area contributed by atoms with E-state index >= 15 is 0 Å². The summed E-state index contributed by atoms with van der Waals surface area (Å²) in [5, 5.41) is 9.64. The highest BCUT2D eigenvalue weighted by Crippen LogP contribution is 2.40. The topological polar surface area (TPSA) is 53.3 Å². The van der Waals surface area contributed by atoms with Crippen LogP contribution in [0, 0.1) is 11.3 Å². The van der Waals surface area contributed by atoms with Gasteiger partial charge >= 0.3 is 6.09 Å². The molecular weight excluding hydrogens is 312 g/mol. The Kier molecular flexibility index (Phi) is 5.15. The zero-order chi connectivity index (χ0) is 17.6.